The number of ether oxygens (including phenoxy) is 1. The lowest BCUT2D eigenvalue weighted by atomic mass is 9.97. The van der Waals surface area contributed by atoms with Crippen LogP contribution in [0.4, 0.5) is 0 Å². The van der Waals surface area contributed by atoms with E-state index in [1.807, 2.05) is 66.7 Å². The van der Waals surface area contributed by atoms with Crippen molar-refractivity contribution in [2.75, 3.05) is 7.11 Å². The molecule has 0 fully saturated rings. The van der Waals surface area contributed by atoms with Crippen molar-refractivity contribution in [3.05, 3.63) is 94.3 Å². The zero-order valence-corrected chi connectivity index (χ0v) is 15.3. The van der Waals surface area contributed by atoms with Crippen LogP contribution < -0.4 is 10.4 Å². The maximum absolute atomic E-state index is 12.8. The van der Waals surface area contributed by atoms with Crippen LogP contribution in [0.3, 0.4) is 0 Å². The van der Waals surface area contributed by atoms with Gasteiger partial charge in [0.15, 0.2) is 0 Å². The second kappa shape index (κ2) is 7.45. The Morgan fingerprint density at radius 3 is 2.39 bits per heavy atom. The van der Waals surface area contributed by atoms with Crippen molar-refractivity contribution in [3.63, 3.8) is 0 Å². The average Bonchev–Trinajstić information content (AvgIpc) is 2.73. The highest BCUT2D eigenvalue weighted by atomic mass is 16.5. The van der Waals surface area contributed by atoms with Crippen LogP contribution in [-0.4, -0.2) is 12.2 Å². The molecule has 4 heteroatoms. The maximum Gasteiger partial charge on any atom is 0.344 e. The summed E-state index contributed by atoms with van der Waals surface area (Å²) in [5, 5.41) is 10.3. The van der Waals surface area contributed by atoms with Gasteiger partial charge in [-0.25, -0.2) is 4.79 Å². The number of fused-ring (bicyclic) bond motifs is 1. The SMILES string of the molecule is COc1ccc2c(/C=C/c3ccc(O)cc3)c(-c3ccccc3)c(=O)oc2c1. The van der Waals surface area contributed by atoms with Crippen molar-refractivity contribution >= 4 is 23.1 Å². The summed E-state index contributed by atoms with van der Waals surface area (Å²) in [5.41, 5.74) is 3.04. The molecule has 3 aromatic carbocycles. The third-order valence-corrected chi connectivity index (χ3v) is 4.55. The van der Waals surface area contributed by atoms with Gasteiger partial charge in [0.25, 0.3) is 0 Å². The van der Waals surface area contributed by atoms with E-state index in [-0.39, 0.29) is 5.75 Å². The van der Waals surface area contributed by atoms with Crippen LogP contribution in [-0.2, 0) is 0 Å². The summed E-state index contributed by atoms with van der Waals surface area (Å²) in [7, 11) is 1.57. The molecule has 0 aliphatic rings. The van der Waals surface area contributed by atoms with Crippen LogP contribution in [0.15, 0.2) is 82.0 Å². The second-order valence-corrected chi connectivity index (χ2v) is 6.33. The number of rotatable bonds is 4. The molecule has 0 saturated carbocycles. The molecule has 0 radical (unpaired) electrons. The van der Waals surface area contributed by atoms with Gasteiger partial charge in [-0.15, -0.1) is 0 Å². The number of benzene rings is 3. The maximum atomic E-state index is 12.8. The lowest BCUT2D eigenvalue weighted by molar-refractivity contribution is 0.414. The Balaban J connectivity index is 1.96. The number of phenolic OH excluding ortho intramolecular Hbond substituents is 1. The van der Waals surface area contributed by atoms with Gasteiger partial charge in [0.1, 0.15) is 17.1 Å². The van der Waals surface area contributed by atoms with Gasteiger partial charge in [-0.3, -0.25) is 0 Å². The van der Waals surface area contributed by atoms with E-state index in [9.17, 15) is 9.90 Å². The standard InChI is InChI=1S/C24H18O4/c1-27-19-12-14-20-21(13-9-16-7-10-18(25)11-8-16)23(17-5-3-2-4-6-17)24(26)28-22(20)15-19/h2-15,25H,1H3/b13-9+. The number of hydrogen-bond acceptors (Lipinski definition) is 4. The molecule has 0 aliphatic carbocycles. The van der Waals surface area contributed by atoms with Crippen LogP contribution in [0, 0.1) is 0 Å². The monoisotopic (exact) mass is 370 g/mol. The summed E-state index contributed by atoms with van der Waals surface area (Å²) >= 11 is 0. The number of aromatic hydroxyl groups is 1. The Hall–Kier alpha value is -3.79. The van der Waals surface area contributed by atoms with Gasteiger partial charge in [-0.1, -0.05) is 54.6 Å². The first-order valence-corrected chi connectivity index (χ1v) is 8.83. The highest BCUT2D eigenvalue weighted by molar-refractivity contribution is 5.96. The fraction of sp³-hybridized carbons (Fsp3) is 0.0417. The molecule has 4 aromatic rings. The first-order valence-electron chi connectivity index (χ1n) is 8.83. The zero-order valence-electron chi connectivity index (χ0n) is 15.3. The highest BCUT2D eigenvalue weighted by Gasteiger charge is 2.15. The van der Waals surface area contributed by atoms with Gasteiger partial charge in [0.2, 0.25) is 0 Å². The third-order valence-electron chi connectivity index (χ3n) is 4.55. The van der Waals surface area contributed by atoms with E-state index in [0.717, 1.165) is 22.1 Å². The summed E-state index contributed by atoms with van der Waals surface area (Å²) < 4.78 is 10.8. The van der Waals surface area contributed by atoms with Crippen molar-refractivity contribution in [1.29, 1.82) is 0 Å². The minimum absolute atomic E-state index is 0.208. The molecule has 0 aliphatic heterocycles. The first-order chi connectivity index (χ1) is 13.7. The molecule has 0 unspecified atom stereocenters. The summed E-state index contributed by atoms with van der Waals surface area (Å²) in [5.74, 6) is 0.830. The Kier molecular flexibility index (Phi) is 4.68. The van der Waals surface area contributed by atoms with Crippen molar-refractivity contribution in [2.24, 2.45) is 0 Å². The topological polar surface area (TPSA) is 59.7 Å². The minimum Gasteiger partial charge on any atom is -0.508 e. The highest BCUT2D eigenvalue weighted by Crippen LogP contribution is 2.31. The molecule has 0 saturated heterocycles. The van der Waals surface area contributed by atoms with Gasteiger partial charge in [-0.2, -0.15) is 0 Å². The minimum atomic E-state index is -0.405. The van der Waals surface area contributed by atoms with Gasteiger partial charge < -0.3 is 14.3 Å². The molecule has 138 valence electrons. The zero-order chi connectivity index (χ0) is 19.5. The Morgan fingerprint density at radius 1 is 0.929 bits per heavy atom. The quantitative estimate of drug-likeness (QED) is 0.492. The Labute approximate surface area is 162 Å². The molecule has 0 spiro atoms. The predicted octanol–water partition coefficient (Wildman–Crippen LogP) is 5.34. The van der Waals surface area contributed by atoms with E-state index in [4.69, 9.17) is 9.15 Å². The van der Waals surface area contributed by atoms with Crippen LogP contribution in [0.2, 0.25) is 0 Å². The summed E-state index contributed by atoms with van der Waals surface area (Å²) in [6.45, 7) is 0. The Morgan fingerprint density at radius 2 is 1.68 bits per heavy atom. The lowest BCUT2D eigenvalue weighted by Gasteiger charge is -2.10. The molecule has 0 atom stereocenters. The van der Waals surface area contributed by atoms with E-state index < -0.39 is 5.63 Å². The molecular formula is C24H18O4. The molecule has 1 heterocycles. The van der Waals surface area contributed by atoms with Crippen LogP contribution in [0.5, 0.6) is 11.5 Å². The molecule has 28 heavy (non-hydrogen) atoms. The fourth-order valence-electron chi connectivity index (χ4n) is 3.15. The largest absolute Gasteiger partial charge is 0.508 e. The van der Waals surface area contributed by atoms with E-state index in [0.29, 0.717) is 16.9 Å². The van der Waals surface area contributed by atoms with Crippen molar-refractivity contribution in [2.45, 2.75) is 0 Å². The van der Waals surface area contributed by atoms with E-state index in [1.165, 1.54) is 0 Å². The summed E-state index contributed by atoms with van der Waals surface area (Å²) in [6.07, 6.45) is 3.81. The normalized spacial score (nSPS) is 11.2. The molecule has 1 aromatic heterocycles. The van der Waals surface area contributed by atoms with Gasteiger partial charge in [0, 0.05) is 17.0 Å². The fourth-order valence-corrected chi connectivity index (χ4v) is 3.15. The number of hydrogen-bond donors (Lipinski definition) is 1. The van der Waals surface area contributed by atoms with Crippen LogP contribution in [0.1, 0.15) is 11.1 Å². The lowest BCUT2D eigenvalue weighted by Crippen LogP contribution is -2.06. The van der Waals surface area contributed by atoms with Crippen molar-refractivity contribution < 1.29 is 14.3 Å². The molecular weight excluding hydrogens is 352 g/mol. The van der Waals surface area contributed by atoms with Gasteiger partial charge in [-0.05, 0) is 35.4 Å². The van der Waals surface area contributed by atoms with Gasteiger partial charge >= 0.3 is 5.63 Å². The van der Waals surface area contributed by atoms with Crippen LogP contribution >= 0.6 is 0 Å². The van der Waals surface area contributed by atoms with Crippen LogP contribution in [0.25, 0.3) is 34.2 Å². The second-order valence-electron chi connectivity index (χ2n) is 6.33. The first kappa shape index (κ1) is 17.6. The van der Waals surface area contributed by atoms with Gasteiger partial charge in [0.05, 0.1) is 12.7 Å². The predicted molar refractivity (Wildman–Crippen MR) is 112 cm³/mol. The van der Waals surface area contributed by atoms with E-state index >= 15 is 0 Å². The smallest absolute Gasteiger partial charge is 0.344 e. The third kappa shape index (κ3) is 3.40. The average molecular weight is 370 g/mol. The molecule has 1 N–H and O–H groups in total. The number of phenols is 1. The van der Waals surface area contributed by atoms with Crippen molar-refractivity contribution in [3.8, 4) is 22.6 Å². The summed E-state index contributed by atoms with van der Waals surface area (Å²) in [4.78, 5) is 12.8. The molecule has 4 nitrogen and oxygen atoms in total. The van der Waals surface area contributed by atoms with E-state index in [2.05, 4.69) is 0 Å². The Bertz CT molecular complexity index is 1200. The number of methoxy groups -OCH3 is 1. The van der Waals surface area contributed by atoms with Crippen molar-refractivity contribution in [1.82, 2.24) is 0 Å². The molecule has 0 amide bonds. The molecule has 0 bridgehead atoms. The summed E-state index contributed by atoms with van der Waals surface area (Å²) in [6, 6.07) is 21.8. The van der Waals surface area contributed by atoms with E-state index in [1.54, 1.807) is 25.3 Å². The molecule has 4 rings (SSSR count).